The normalized spacial score (nSPS) is 16.3. The molecule has 2 N–H and O–H groups in total. The standard InChI is InChI=1S/C28H36N4S/c1-20-17-26(32-28-30-13-7-14-31-28)21(2)16-23(20)12-15-33-19-27(29-3)25-11-10-22-8-5-4-6-9-24(22)18-25/h10-11,16-19H,3-9,12-15H2,1-2H3,(H2,30,31,32)/b27-19-. The predicted octanol–water partition coefficient (Wildman–Crippen LogP) is 6.31. The Kier molecular flexibility index (Phi) is 8.27. The molecule has 2 aromatic rings. The Bertz CT molecular complexity index is 1050. The highest BCUT2D eigenvalue weighted by molar-refractivity contribution is 8.02. The first-order chi connectivity index (χ1) is 16.1. The number of aliphatic imine (C=N–C) groups is 2. The van der Waals surface area contributed by atoms with Crippen molar-refractivity contribution in [3.63, 3.8) is 0 Å². The van der Waals surface area contributed by atoms with E-state index < -0.39 is 0 Å². The highest BCUT2D eigenvalue weighted by Crippen LogP contribution is 2.27. The largest absolute Gasteiger partial charge is 0.356 e. The molecule has 0 amide bonds. The van der Waals surface area contributed by atoms with Crippen molar-refractivity contribution in [2.75, 3.05) is 24.2 Å². The number of anilines is 1. The van der Waals surface area contributed by atoms with Crippen molar-refractivity contribution < 1.29 is 0 Å². The van der Waals surface area contributed by atoms with Crippen molar-refractivity contribution in [2.24, 2.45) is 9.98 Å². The number of aryl methyl sites for hydroxylation is 5. The van der Waals surface area contributed by atoms with Crippen LogP contribution in [0.3, 0.4) is 0 Å². The molecule has 0 aromatic heterocycles. The topological polar surface area (TPSA) is 48.8 Å². The van der Waals surface area contributed by atoms with Gasteiger partial charge in [-0.05, 0) is 104 Å². The molecule has 0 atom stereocenters. The molecule has 1 aliphatic carbocycles. The summed E-state index contributed by atoms with van der Waals surface area (Å²) in [6.07, 6.45) is 8.47. The van der Waals surface area contributed by atoms with Gasteiger partial charge in [0.15, 0.2) is 5.96 Å². The van der Waals surface area contributed by atoms with Crippen molar-refractivity contribution in [3.05, 3.63) is 69.1 Å². The van der Waals surface area contributed by atoms with Gasteiger partial charge in [-0.1, -0.05) is 24.6 Å². The van der Waals surface area contributed by atoms with Gasteiger partial charge in [-0.3, -0.25) is 9.98 Å². The zero-order valence-corrected chi connectivity index (χ0v) is 20.9. The lowest BCUT2D eigenvalue weighted by molar-refractivity contribution is 0.711. The molecule has 1 heterocycles. The lowest BCUT2D eigenvalue weighted by atomic mass is 9.99. The average Bonchev–Trinajstić information content (AvgIpc) is 3.07. The molecule has 0 fully saturated rings. The molecule has 33 heavy (non-hydrogen) atoms. The highest BCUT2D eigenvalue weighted by atomic mass is 32.2. The number of nitrogens with zero attached hydrogens (tertiary/aromatic N) is 2. The van der Waals surface area contributed by atoms with Crippen LogP contribution in [-0.4, -0.2) is 31.5 Å². The average molecular weight is 461 g/mol. The lowest BCUT2D eigenvalue weighted by Crippen LogP contribution is -2.35. The Morgan fingerprint density at radius 3 is 2.73 bits per heavy atom. The quantitative estimate of drug-likeness (QED) is 0.289. The van der Waals surface area contributed by atoms with Gasteiger partial charge in [0.1, 0.15) is 0 Å². The molecule has 0 saturated carbocycles. The molecular weight excluding hydrogens is 424 g/mol. The van der Waals surface area contributed by atoms with Crippen LogP contribution in [-0.2, 0) is 19.3 Å². The van der Waals surface area contributed by atoms with Gasteiger partial charge in [0, 0.05) is 30.1 Å². The molecule has 0 bridgehead atoms. The minimum Gasteiger partial charge on any atom is -0.356 e. The number of rotatable bonds is 7. The second-order valence-electron chi connectivity index (χ2n) is 9.06. The van der Waals surface area contributed by atoms with Gasteiger partial charge >= 0.3 is 0 Å². The zero-order chi connectivity index (χ0) is 23.0. The van der Waals surface area contributed by atoms with Crippen LogP contribution in [0.4, 0.5) is 5.69 Å². The zero-order valence-electron chi connectivity index (χ0n) is 20.0. The number of thioether (sulfide) groups is 1. The summed E-state index contributed by atoms with van der Waals surface area (Å²) in [4.78, 5) is 8.87. The number of hydrogen-bond acceptors (Lipinski definition) is 5. The molecule has 1 aliphatic heterocycles. The minimum absolute atomic E-state index is 0.888. The molecule has 5 heteroatoms. The third kappa shape index (κ3) is 6.29. The Morgan fingerprint density at radius 2 is 1.94 bits per heavy atom. The van der Waals surface area contributed by atoms with E-state index >= 15 is 0 Å². The summed E-state index contributed by atoms with van der Waals surface area (Å²) >= 11 is 1.82. The number of hydrogen-bond donors (Lipinski definition) is 2. The third-order valence-electron chi connectivity index (χ3n) is 6.58. The van der Waals surface area contributed by atoms with E-state index in [1.54, 1.807) is 0 Å². The molecule has 2 aliphatic rings. The number of fused-ring (bicyclic) bond motifs is 1. The Hall–Kier alpha value is -2.53. The summed E-state index contributed by atoms with van der Waals surface area (Å²) in [7, 11) is 0. The first kappa shape index (κ1) is 23.6. The van der Waals surface area contributed by atoms with Crippen LogP contribution < -0.4 is 10.6 Å². The van der Waals surface area contributed by atoms with Gasteiger partial charge in [-0.15, -0.1) is 11.8 Å². The van der Waals surface area contributed by atoms with Crippen LogP contribution in [0.1, 0.15) is 59.1 Å². The Labute approximate surface area is 203 Å². The van der Waals surface area contributed by atoms with E-state index in [-0.39, 0.29) is 0 Å². The number of guanidine groups is 1. The maximum Gasteiger partial charge on any atom is 0.195 e. The summed E-state index contributed by atoms with van der Waals surface area (Å²) in [5.41, 5.74) is 10.3. The van der Waals surface area contributed by atoms with Gasteiger partial charge < -0.3 is 10.6 Å². The van der Waals surface area contributed by atoms with Crippen molar-refractivity contribution in [2.45, 2.75) is 58.8 Å². The van der Waals surface area contributed by atoms with E-state index in [0.717, 1.165) is 49.0 Å². The second kappa shape index (κ2) is 11.6. The molecule has 4 nitrogen and oxygen atoms in total. The van der Waals surface area contributed by atoms with Crippen molar-refractivity contribution in [1.82, 2.24) is 5.32 Å². The van der Waals surface area contributed by atoms with Crippen LogP contribution in [0.2, 0.25) is 0 Å². The van der Waals surface area contributed by atoms with Gasteiger partial charge in [-0.25, -0.2) is 0 Å². The molecule has 0 radical (unpaired) electrons. The summed E-state index contributed by atoms with van der Waals surface area (Å²) in [5, 5.41) is 8.97. The first-order valence-corrected chi connectivity index (χ1v) is 13.2. The van der Waals surface area contributed by atoms with Gasteiger partial charge in [-0.2, -0.15) is 0 Å². The summed E-state index contributed by atoms with van der Waals surface area (Å²) < 4.78 is 0. The van der Waals surface area contributed by atoms with Crippen LogP contribution in [0.5, 0.6) is 0 Å². The van der Waals surface area contributed by atoms with Gasteiger partial charge in [0.05, 0.1) is 5.70 Å². The fraction of sp³-hybridized carbons (Fsp3) is 0.429. The number of benzene rings is 2. The fourth-order valence-electron chi connectivity index (χ4n) is 4.60. The van der Waals surface area contributed by atoms with Crippen LogP contribution in [0.15, 0.2) is 45.7 Å². The molecule has 4 rings (SSSR count). The maximum absolute atomic E-state index is 4.53. The van der Waals surface area contributed by atoms with E-state index in [4.69, 9.17) is 0 Å². The van der Waals surface area contributed by atoms with Crippen LogP contribution >= 0.6 is 11.8 Å². The third-order valence-corrected chi connectivity index (χ3v) is 7.41. The smallest absolute Gasteiger partial charge is 0.195 e. The SMILES string of the molecule is C=N/C(=C\SCCc1cc(C)c(NC2=NCCCN2)cc1C)c1ccc2c(c1)CCCCC2. The highest BCUT2D eigenvalue weighted by Gasteiger charge is 2.11. The van der Waals surface area contributed by atoms with Gasteiger partial charge in [0.2, 0.25) is 0 Å². The number of nitrogens with one attached hydrogen (secondary N) is 2. The molecule has 0 saturated heterocycles. The van der Waals surface area contributed by atoms with E-state index in [2.05, 4.69) is 76.9 Å². The van der Waals surface area contributed by atoms with Crippen molar-refractivity contribution in [3.8, 4) is 0 Å². The van der Waals surface area contributed by atoms with E-state index in [1.807, 2.05) is 11.8 Å². The van der Waals surface area contributed by atoms with Crippen LogP contribution in [0, 0.1) is 13.8 Å². The van der Waals surface area contributed by atoms with E-state index in [0.29, 0.717) is 0 Å². The molecular formula is C28H36N4S. The monoisotopic (exact) mass is 460 g/mol. The predicted molar refractivity (Wildman–Crippen MR) is 146 cm³/mol. The Balaban J connectivity index is 1.37. The summed E-state index contributed by atoms with van der Waals surface area (Å²) in [5.74, 6) is 1.91. The second-order valence-corrected chi connectivity index (χ2v) is 10.0. The first-order valence-electron chi connectivity index (χ1n) is 12.2. The van der Waals surface area contributed by atoms with Crippen molar-refractivity contribution >= 4 is 35.8 Å². The maximum atomic E-state index is 4.53. The summed E-state index contributed by atoms with van der Waals surface area (Å²) in [6, 6.07) is 11.4. The minimum atomic E-state index is 0.888. The van der Waals surface area contributed by atoms with Crippen LogP contribution in [0.25, 0.3) is 5.70 Å². The van der Waals surface area contributed by atoms with Gasteiger partial charge in [0.25, 0.3) is 0 Å². The Morgan fingerprint density at radius 1 is 1.09 bits per heavy atom. The summed E-state index contributed by atoms with van der Waals surface area (Å²) in [6.45, 7) is 10.1. The molecule has 0 spiro atoms. The van der Waals surface area contributed by atoms with Crippen molar-refractivity contribution in [1.29, 1.82) is 0 Å². The molecule has 174 valence electrons. The molecule has 2 aromatic carbocycles. The van der Waals surface area contributed by atoms with E-state index in [1.165, 1.54) is 65.5 Å². The lowest BCUT2D eigenvalue weighted by Gasteiger charge is -2.18. The van der Waals surface area contributed by atoms with E-state index in [9.17, 15) is 0 Å². The molecule has 0 unspecified atom stereocenters. The fourth-order valence-corrected chi connectivity index (χ4v) is 5.42.